The molecule has 0 radical (unpaired) electrons. The van der Waals surface area contributed by atoms with E-state index in [0.717, 1.165) is 28.2 Å². The van der Waals surface area contributed by atoms with Crippen LogP contribution in [0.5, 0.6) is 5.75 Å². The van der Waals surface area contributed by atoms with E-state index in [-0.39, 0.29) is 5.24 Å². The molecule has 6 heteroatoms. The minimum Gasteiger partial charge on any atom is -0.495 e. The Morgan fingerprint density at radius 2 is 1.61 bits per heavy atom. The topological polar surface area (TPSA) is 64.1 Å². The van der Waals surface area contributed by atoms with E-state index in [0.29, 0.717) is 22.3 Å². The number of nitrogens with zero attached hydrogens (tertiary/aromatic N) is 2. The first-order valence-corrected chi connectivity index (χ1v) is 9.50. The zero-order chi connectivity index (χ0) is 19.3. The van der Waals surface area contributed by atoms with Gasteiger partial charge in [0.05, 0.1) is 18.3 Å². The van der Waals surface area contributed by atoms with Crippen LogP contribution >= 0.6 is 11.8 Å². The number of nitrogens with one attached hydrogen (secondary N) is 1. The largest absolute Gasteiger partial charge is 0.495 e. The molecule has 0 spiro atoms. The maximum atomic E-state index is 12.7. The fourth-order valence-electron chi connectivity index (χ4n) is 2.81. The number of methoxy groups -OCH3 is 1. The summed E-state index contributed by atoms with van der Waals surface area (Å²) in [5, 5.41) is 4.07. The molecule has 0 unspecified atom stereocenters. The van der Waals surface area contributed by atoms with Crippen LogP contribution < -0.4 is 10.1 Å². The SMILES string of the molecule is COc1ccccc1NC(=O)Sc1nc(-c2ccccc2)nc2ccccc12. The van der Waals surface area contributed by atoms with E-state index in [4.69, 9.17) is 4.74 Å². The van der Waals surface area contributed by atoms with E-state index in [1.54, 1.807) is 19.2 Å². The first-order valence-electron chi connectivity index (χ1n) is 8.68. The van der Waals surface area contributed by atoms with Crippen molar-refractivity contribution in [3.05, 3.63) is 78.9 Å². The Labute approximate surface area is 166 Å². The maximum Gasteiger partial charge on any atom is 0.289 e. The van der Waals surface area contributed by atoms with Crippen molar-refractivity contribution in [2.75, 3.05) is 12.4 Å². The number of carbonyl (C=O) groups is 1. The lowest BCUT2D eigenvalue weighted by Gasteiger charge is -2.11. The van der Waals surface area contributed by atoms with Crippen LogP contribution in [-0.2, 0) is 0 Å². The molecule has 4 aromatic rings. The predicted octanol–water partition coefficient (Wildman–Crippen LogP) is 5.63. The molecule has 1 aromatic heterocycles. The van der Waals surface area contributed by atoms with E-state index in [1.165, 1.54) is 0 Å². The summed E-state index contributed by atoms with van der Waals surface area (Å²) < 4.78 is 5.29. The van der Waals surface area contributed by atoms with Crippen LogP contribution in [0.15, 0.2) is 83.9 Å². The third-order valence-corrected chi connectivity index (χ3v) is 4.93. The average molecular weight is 387 g/mol. The van der Waals surface area contributed by atoms with Crippen LogP contribution in [0, 0.1) is 0 Å². The molecule has 28 heavy (non-hydrogen) atoms. The van der Waals surface area contributed by atoms with Crippen LogP contribution in [0.1, 0.15) is 0 Å². The number of benzene rings is 3. The second-order valence-corrected chi connectivity index (χ2v) is 6.91. The van der Waals surface area contributed by atoms with Gasteiger partial charge >= 0.3 is 0 Å². The van der Waals surface area contributed by atoms with E-state index in [1.807, 2.05) is 66.7 Å². The smallest absolute Gasteiger partial charge is 0.289 e. The van der Waals surface area contributed by atoms with E-state index >= 15 is 0 Å². The van der Waals surface area contributed by atoms with Crippen molar-refractivity contribution < 1.29 is 9.53 Å². The van der Waals surface area contributed by atoms with E-state index < -0.39 is 0 Å². The number of ether oxygens (including phenoxy) is 1. The molecule has 0 bridgehead atoms. The zero-order valence-electron chi connectivity index (χ0n) is 15.1. The standard InChI is InChI=1S/C22H17N3O2S/c1-27-19-14-8-7-13-18(19)24-22(26)28-21-16-11-5-6-12-17(16)23-20(25-21)15-9-3-2-4-10-15/h2-14H,1H3,(H,24,26). The molecule has 5 nitrogen and oxygen atoms in total. The summed E-state index contributed by atoms with van der Waals surface area (Å²) in [6, 6.07) is 24.7. The molecule has 0 atom stereocenters. The summed E-state index contributed by atoms with van der Waals surface area (Å²) in [6.07, 6.45) is 0. The Bertz CT molecular complexity index is 1130. The molecule has 4 rings (SSSR count). The van der Waals surface area contributed by atoms with E-state index in [2.05, 4.69) is 15.3 Å². The first kappa shape index (κ1) is 18.0. The van der Waals surface area contributed by atoms with Crippen molar-refractivity contribution in [2.45, 2.75) is 5.03 Å². The number of rotatable bonds is 4. The number of carbonyl (C=O) groups excluding carboxylic acids is 1. The lowest BCUT2D eigenvalue weighted by molar-refractivity contribution is 0.269. The van der Waals surface area contributed by atoms with Crippen molar-refractivity contribution >= 4 is 33.6 Å². The highest BCUT2D eigenvalue weighted by Crippen LogP contribution is 2.31. The van der Waals surface area contributed by atoms with Gasteiger partial charge in [0.2, 0.25) is 0 Å². The molecule has 1 N–H and O–H groups in total. The van der Waals surface area contributed by atoms with Gasteiger partial charge in [0.1, 0.15) is 10.8 Å². The van der Waals surface area contributed by atoms with Gasteiger partial charge < -0.3 is 10.1 Å². The molecule has 138 valence electrons. The molecule has 1 heterocycles. The number of aromatic nitrogens is 2. The van der Waals surface area contributed by atoms with E-state index in [9.17, 15) is 4.79 Å². The number of thioether (sulfide) groups is 1. The molecule has 0 aliphatic heterocycles. The monoisotopic (exact) mass is 387 g/mol. The van der Waals surface area contributed by atoms with Crippen LogP contribution in [0.25, 0.3) is 22.3 Å². The van der Waals surface area contributed by atoms with Gasteiger partial charge in [-0.1, -0.05) is 60.7 Å². The van der Waals surface area contributed by atoms with Crippen molar-refractivity contribution in [1.29, 1.82) is 0 Å². The fraction of sp³-hybridized carbons (Fsp3) is 0.0455. The van der Waals surface area contributed by atoms with Gasteiger partial charge in [-0.3, -0.25) is 4.79 Å². The number of para-hydroxylation sites is 3. The minimum absolute atomic E-state index is 0.243. The highest BCUT2D eigenvalue weighted by atomic mass is 32.2. The number of hydrogen-bond acceptors (Lipinski definition) is 5. The predicted molar refractivity (Wildman–Crippen MR) is 113 cm³/mol. The zero-order valence-corrected chi connectivity index (χ0v) is 15.9. The quantitative estimate of drug-likeness (QED) is 0.363. The molecule has 3 aromatic carbocycles. The molecule has 0 saturated heterocycles. The van der Waals surface area contributed by atoms with Crippen molar-refractivity contribution in [3.63, 3.8) is 0 Å². The molecule has 0 saturated carbocycles. The summed E-state index contributed by atoms with van der Waals surface area (Å²) in [4.78, 5) is 22.0. The Morgan fingerprint density at radius 1 is 0.893 bits per heavy atom. The molecular formula is C22H17N3O2S. The molecular weight excluding hydrogens is 370 g/mol. The molecule has 0 aliphatic rings. The average Bonchev–Trinajstić information content (AvgIpc) is 2.74. The molecule has 0 aliphatic carbocycles. The van der Waals surface area contributed by atoms with Crippen molar-refractivity contribution in [1.82, 2.24) is 9.97 Å². The van der Waals surface area contributed by atoms with Gasteiger partial charge in [0.25, 0.3) is 5.24 Å². The van der Waals surface area contributed by atoms with Crippen molar-refractivity contribution in [3.8, 4) is 17.1 Å². The van der Waals surface area contributed by atoms with Crippen LogP contribution in [0.2, 0.25) is 0 Å². The highest BCUT2D eigenvalue weighted by Gasteiger charge is 2.15. The Hall–Kier alpha value is -3.38. The fourth-order valence-corrected chi connectivity index (χ4v) is 3.56. The van der Waals surface area contributed by atoms with Gasteiger partial charge in [-0.05, 0) is 30.0 Å². The number of fused-ring (bicyclic) bond motifs is 1. The lowest BCUT2D eigenvalue weighted by Crippen LogP contribution is -2.07. The summed E-state index contributed by atoms with van der Waals surface area (Å²) in [5.74, 6) is 1.20. The van der Waals surface area contributed by atoms with Crippen LogP contribution in [-0.4, -0.2) is 22.3 Å². The second kappa shape index (κ2) is 8.10. The number of amides is 1. The van der Waals surface area contributed by atoms with Crippen molar-refractivity contribution in [2.24, 2.45) is 0 Å². The Balaban J connectivity index is 1.68. The van der Waals surface area contributed by atoms with Crippen LogP contribution in [0.3, 0.4) is 0 Å². The lowest BCUT2D eigenvalue weighted by atomic mass is 10.2. The maximum absolute atomic E-state index is 12.7. The number of anilines is 1. The normalized spacial score (nSPS) is 10.6. The number of hydrogen-bond donors (Lipinski definition) is 1. The second-order valence-electron chi connectivity index (χ2n) is 5.95. The Morgan fingerprint density at radius 3 is 2.43 bits per heavy atom. The third-order valence-electron chi connectivity index (χ3n) is 4.13. The summed E-state index contributed by atoms with van der Waals surface area (Å²) in [5.41, 5.74) is 2.31. The van der Waals surface area contributed by atoms with Gasteiger partial charge in [0.15, 0.2) is 5.82 Å². The first-order chi connectivity index (χ1) is 13.7. The molecule has 1 amide bonds. The van der Waals surface area contributed by atoms with Gasteiger partial charge in [-0.25, -0.2) is 9.97 Å². The van der Waals surface area contributed by atoms with Gasteiger partial charge in [0, 0.05) is 10.9 Å². The summed E-state index contributed by atoms with van der Waals surface area (Å²) in [7, 11) is 1.57. The minimum atomic E-state index is -0.243. The third kappa shape index (κ3) is 3.82. The Kier molecular flexibility index (Phi) is 5.21. The summed E-state index contributed by atoms with van der Waals surface area (Å²) >= 11 is 1.04. The summed E-state index contributed by atoms with van der Waals surface area (Å²) in [6.45, 7) is 0. The van der Waals surface area contributed by atoms with Gasteiger partial charge in [-0.15, -0.1) is 0 Å². The van der Waals surface area contributed by atoms with Gasteiger partial charge in [-0.2, -0.15) is 0 Å². The molecule has 0 fully saturated rings. The highest BCUT2D eigenvalue weighted by molar-refractivity contribution is 8.14. The van der Waals surface area contributed by atoms with Crippen LogP contribution in [0.4, 0.5) is 10.5 Å².